The highest BCUT2D eigenvalue weighted by Gasteiger charge is 2.25. The van der Waals surface area contributed by atoms with Gasteiger partial charge in [-0.15, -0.1) is 0 Å². The molecule has 0 amide bonds. The number of aryl methyl sites for hydroxylation is 1. The molecule has 0 N–H and O–H groups in total. The zero-order valence-electron chi connectivity index (χ0n) is 12.9. The first-order valence-electron chi connectivity index (χ1n) is 7.39. The van der Waals surface area contributed by atoms with Gasteiger partial charge in [0.15, 0.2) is 5.78 Å². The van der Waals surface area contributed by atoms with Crippen molar-refractivity contribution >= 4 is 11.6 Å². The average Bonchev–Trinajstić information content (AvgIpc) is 2.69. The third kappa shape index (κ3) is 2.85. The zero-order chi connectivity index (χ0) is 14.9. The Kier molecular flexibility index (Phi) is 4.43. The molecule has 1 aliphatic heterocycles. The van der Waals surface area contributed by atoms with Crippen molar-refractivity contribution in [1.82, 2.24) is 9.47 Å². The molecule has 1 aromatic rings. The molecular formula is C16H24N2O2. The fourth-order valence-corrected chi connectivity index (χ4v) is 3.10. The lowest BCUT2D eigenvalue weighted by atomic mass is 9.98. The number of Topliss-reactive ketones (excluding diaryl/α,β-unsaturated/α-hetero) is 2. The Morgan fingerprint density at radius 1 is 1.40 bits per heavy atom. The van der Waals surface area contributed by atoms with Crippen LogP contribution >= 0.6 is 0 Å². The van der Waals surface area contributed by atoms with Crippen molar-refractivity contribution in [1.29, 1.82) is 0 Å². The van der Waals surface area contributed by atoms with Crippen molar-refractivity contribution in [2.75, 3.05) is 19.6 Å². The van der Waals surface area contributed by atoms with Gasteiger partial charge >= 0.3 is 0 Å². The monoisotopic (exact) mass is 276 g/mol. The quantitative estimate of drug-likeness (QED) is 0.792. The second-order valence-electron chi connectivity index (χ2n) is 5.80. The first-order valence-corrected chi connectivity index (χ1v) is 7.39. The lowest BCUT2D eigenvalue weighted by Gasteiger charge is -2.29. The maximum Gasteiger partial charge on any atom is 0.178 e. The molecule has 4 nitrogen and oxygen atoms in total. The van der Waals surface area contributed by atoms with Crippen LogP contribution in [-0.4, -0.2) is 40.7 Å². The molecular weight excluding hydrogens is 252 g/mol. The van der Waals surface area contributed by atoms with E-state index < -0.39 is 0 Å². The number of likely N-dealkylation sites (tertiary alicyclic amines) is 1. The molecule has 0 aromatic carbocycles. The van der Waals surface area contributed by atoms with Crippen LogP contribution in [0.2, 0.25) is 0 Å². The van der Waals surface area contributed by atoms with Crippen LogP contribution in [0.4, 0.5) is 0 Å². The van der Waals surface area contributed by atoms with Crippen molar-refractivity contribution < 1.29 is 9.59 Å². The fraction of sp³-hybridized carbons (Fsp3) is 0.625. The van der Waals surface area contributed by atoms with Gasteiger partial charge in [0.1, 0.15) is 5.78 Å². The molecule has 20 heavy (non-hydrogen) atoms. The average molecular weight is 276 g/mol. The van der Waals surface area contributed by atoms with Gasteiger partial charge in [0, 0.05) is 48.9 Å². The number of carbonyl (C=O) groups excluding carboxylic acids is 2. The maximum atomic E-state index is 12.5. The third-order valence-electron chi connectivity index (χ3n) is 4.31. The van der Waals surface area contributed by atoms with Crippen LogP contribution in [0.25, 0.3) is 0 Å². The largest absolute Gasteiger partial charge is 0.349 e. The lowest BCUT2D eigenvalue weighted by Crippen LogP contribution is -2.42. The van der Waals surface area contributed by atoms with Crippen LogP contribution in [0.1, 0.15) is 42.0 Å². The van der Waals surface area contributed by atoms with E-state index in [2.05, 4.69) is 16.4 Å². The Morgan fingerprint density at radius 2 is 2.10 bits per heavy atom. The Labute approximate surface area is 120 Å². The Bertz CT molecular complexity index is 531. The van der Waals surface area contributed by atoms with Crippen LogP contribution in [0.3, 0.4) is 0 Å². The molecule has 110 valence electrons. The second-order valence-corrected chi connectivity index (χ2v) is 5.80. The van der Waals surface area contributed by atoms with Crippen molar-refractivity contribution in [2.24, 2.45) is 5.92 Å². The SMILES string of the molecule is CCn1c(C)cc(C(=O)CN2CCC(=O)C(C)C2)c1C. The van der Waals surface area contributed by atoms with Gasteiger partial charge in [0.2, 0.25) is 0 Å². The Balaban J connectivity index is 2.07. The number of ketones is 2. The van der Waals surface area contributed by atoms with Crippen LogP contribution in [0.15, 0.2) is 6.07 Å². The van der Waals surface area contributed by atoms with Gasteiger partial charge in [0.05, 0.1) is 6.54 Å². The van der Waals surface area contributed by atoms with E-state index in [1.165, 1.54) is 0 Å². The number of rotatable bonds is 4. The van der Waals surface area contributed by atoms with Crippen LogP contribution < -0.4 is 0 Å². The van der Waals surface area contributed by atoms with Gasteiger partial charge in [0.25, 0.3) is 0 Å². The van der Waals surface area contributed by atoms with Crippen molar-refractivity contribution in [3.05, 3.63) is 23.0 Å². The summed E-state index contributed by atoms with van der Waals surface area (Å²) in [4.78, 5) is 26.1. The summed E-state index contributed by atoms with van der Waals surface area (Å²) in [6, 6.07) is 1.99. The summed E-state index contributed by atoms with van der Waals surface area (Å²) in [5.41, 5.74) is 3.01. The predicted octanol–water partition coefficient (Wildman–Crippen LogP) is 2.22. The maximum absolute atomic E-state index is 12.5. The summed E-state index contributed by atoms with van der Waals surface area (Å²) in [6.07, 6.45) is 0.572. The van der Waals surface area contributed by atoms with Crippen molar-refractivity contribution in [3.63, 3.8) is 0 Å². The standard InChI is InChI=1S/C16H24N2O2/c1-5-18-12(3)8-14(13(18)4)16(20)10-17-7-6-15(19)11(2)9-17/h8,11H,5-7,9-10H2,1-4H3. The van der Waals surface area contributed by atoms with E-state index in [1.54, 1.807) is 0 Å². The van der Waals surface area contributed by atoms with E-state index in [-0.39, 0.29) is 11.7 Å². The number of aromatic nitrogens is 1. The predicted molar refractivity (Wildman–Crippen MR) is 79.1 cm³/mol. The summed E-state index contributed by atoms with van der Waals surface area (Å²) in [7, 11) is 0. The molecule has 0 radical (unpaired) electrons. The van der Waals surface area contributed by atoms with E-state index in [9.17, 15) is 9.59 Å². The summed E-state index contributed by atoms with van der Waals surface area (Å²) in [5, 5.41) is 0. The van der Waals surface area contributed by atoms with E-state index in [4.69, 9.17) is 0 Å². The summed E-state index contributed by atoms with van der Waals surface area (Å²) in [6.45, 7) is 10.8. The number of piperidine rings is 1. The molecule has 0 spiro atoms. The smallest absolute Gasteiger partial charge is 0.178 e. The highest BCUT2D eigenvalue weighted by atomic mass is 16.1. The van der Waals surface area contributed by atoms with E-state index in [0.29, 0.717) is 31.8 Å². The van der Waals surface area contributed by atoms with Gasteiger partial charge < -0.3 is 4.57 Å². The molecule has 1 saturated heterocycles. The molecule has 1 aliphatic rings. The Hall–Kier alpha value is -1.42. The van der Waals surface area contributed by atoms with Crippen LogP contribution in [0, 0.1) is 19.8 Å². The molecule has 1 unspecified atom stereocenters. The zero-order valence-corrected chi connectivity index (χ0v) is 12.9. The van der Waals surface area contributed by atoms with Crippen LogP contribution in [-0.2, 0) is 11.3 Å². The molecule has 2 heterocycles. The van der Waals surface area contributed by atoms with Crippen molar-refractivity contribution in [2.45, 2.75) is 40.7 Å². The summed E-state index contributed by atoms with van der Waals surface area (Å²) >= 11 is 0. The van der Waals surface area contributed by atoms with E-state index in [1.807, 2.05) is 26.8 Å². The third-order valence-corrected chi connectivity index (χ3v) is 4.31. The molecule has 1 atom stereocenters. The van der Waals surface area contributed by atoms with Crippen LogP contribution in [0.5, 0.6) is 0 Å². The molecule has 1 aromatic heterocycles. The first kappa shape index (κ1) is 15.0. The van der Waals surface area contributed by atoms with Gasteiger partial charge in [-0.1, -0.05) is 6.92 Å². The van der Waals surface area contributed by atoms with Crippen molar-refractivity contribution in [3.8, 4) is 0 Å². The molecule has 0 saturated carbocycles. The summed E-state index contributed by atoms with van der Waals surface area (Å²) in [5.74, 6) is 0.539. The number of hydrogen-bond donors (Lipinski definition) is 0. The molecule has 1 fully saturated rings. The van der Waals surface area contributed by atoms with E-state index >= 15 is 0 Å². The minimum atomic E-state index is 0.0552. The lowest BCUT2D eigenvalue weighted by molar-refractivity contribution is -0.125. The minimum Gasteiger partial charge on any atom is -0.349 e. The molecule has 0 aliphatic carbocycles. The fourth-order valence-electron chi connectivity index (χ4n) is 3.10. The molecule has 0 bridgehead atoms. The number of carbonyl (C=O) groups is 2. The topological polar surface area (TPSA) is 42.3 Å². The Morgan fingerprint density at radius 3 is 2.65 bits per heavy atom. The molecule has 4 heteroatoms. The highest BCUT2D eigenvalue weighted by molar-refractivity contribution is 5.99. The number of hydrogen-bond acceptors (Lipinski definition) is 3. The normalized spacial score (nSPS) is 20.4. The van der Waals surface area contributed by atoms with E-state index in [0.717, 1.165) is 23.5 Å². The van der Waals surface area contributed by atoms with Gasteiger partial charge in [-0.3, -0.25) is 14.5 Å². The summed E-state index contributed by atoms with van der Waals surface area (Å²) < 4.78 is 2.16. The second kappa shape index (κ2) is 5.92. The van der Waals surface area contributed by atoms with Gasteiger partial charge in [-0.2, -0.15) is 0 Å². The minimum absolute atomic E-state index is 0.0552. The molecule has 2 rings (SSSR count). The highest BCUT2D eigenvalue weighted by Crippen LogP contribution is 2.18. The first-order chi connectivity index (χ1) is 9.43. The van der Waals surface area contributed by atoms with Gasteiger partial charge in [-0.25, -0.2) is 0 Å². The van der Waals surface area contributed by atoms with Gasteiger partial charge in [-0.05, 0) is 26.8 Å². The number of nitrogens with zero attached hydrogens (tertiary/aromatic N) is 2.